The largest absolute Gasteiger partial charge is 0.300 e. The Kier molecular flexibility index (Phi) is 3.57. The molecule has 0 saturated heterocycles. The lowest BCUT2D eigenvalue weighted by molar-refractivity contribution is -0.114. The van der Waals surface area contributed by atoms with Crippen LogP contribution in [0, 0.1) is 0 Å². The van der Waals surface area contributed by atoms with E-state index < -0.39 is 0 Å². The lowest BCUT2D eigenvalue weighted by Gasteiger charge is -1.91. The van der Waals surface area contributed by atoms with E-state index in [2.05, 4.69) is 30.1 Å². The molecule has 0 bridgehead atoms. The van der Waals surface area contributed by atoms with Crippen molar-refractivity contribution in [2.75, 3.05) is 0 Å². The summed E-state index contributed by atoms with van der Waals surface area (Å²) in [6.07, 6.45) is 1.04. The third-order valence-electron chi connectivity index (χ3n) is 1.75. The number of hydrogen-bond acceptors (Lipinski definition) is 2. The van der Waals surface area contributed by atoms with Crippen molar-refractivity contribution in [2.24, 2.45) is 4.99 Å². The molecule has 1 aromatic carbocycles. The molecule has 2 nitrogen and oxygen atoms in total. The molecule has 0 saturated carbocycles. The Morgan fingerprint density at radius 1 is 1.29 bits per heavy atom. The second kappa shape index (κ2) is 4.70. The second-order valence-electron chi connectivity index (χ2n) is 3.56. The average Bonchev–Trinajstić information content (AvgIpc) is 2.42. The van der Waals surface area contributed by atoms with Gasteiger partial charge in [0.25, 0.3) is 0 Å². The Labute approximate surface area is 84.7 Å². The third kappa shape index (κ3) is 3.13. The molecule has 0 aromatic heterocycles. The van der Waals surface area contributed by atoms with Crippen LogP contribution in [0.3, 0.4) is 0 Å². The molecule has 14 heavy (non-hydrogen) atoms. The van der Waals surface area contributed by atoms with Crippen LogP contribution in [0.1, 0.15) is 26.3 Å². The predicted octanol–water partition coefficient (Wildman–Crippen LogP) is 2.93. The normalized spacial score (nSPS) is 12.4. The molecule has 1 aliphatic rings. The molecular weight excluding hydrogens is 174 g/mol. The van der Waals surface area contributed by atoms with Crippen LogP contribution in [0.2, 0.25) is 0 Å². The van der Waals surface area contributed by atoms with Crippen molar-refractivity contribution in [2.45, 2.75) is 27.2 Å². The number of fused-ring (bicyclic) bond motifs is 1. The summed E-state index contributed by atoms with van der Waals surface area (Å²) in [6.45, 7) is 5.12. The number of para-hydroxylation sites is 1. The van der Waals surface area contributed by atoms with E-state index in [9.17, 15) is 4.79 Å². The first-order chi connectivity index (χ1) is 6.59. The zero-order chi connectivity index (χ0) is 10.6. The summed E-state index contributed by atoms with van der Waals surface area (Å²) in [5.74, 6) is 0.167. The topological polar surface area (TPSA) is 29.4 Å². The summed E-state index contributed by atoms with van der Waals surface area (Å²) in [5.41, 5.74) is 3.74. The Morgan fingerprint density at radius 2 is 1.86 bits per heavy atom. The zero-order valence-electron chi connectivity index (χ0n) is 8.87. The molecule has 1 aliphatic heterocycles. The Balaban J connectivity index is 0.000000213. The van der Waals surface area contributed by atoms with Gasteiger partial charge in [-0.1, -0.05) is 18.2 Å². The first-order valence-electron chi connectivity index (χ1n) is 4.69. The van der Waals surface area contributed by atoms with Crippen LogP contribution in [-0.4, -0.2) is 11.5 Å². The Morgan fingerprint density at radius 3 is 2.43 bits per heavy atom. The van der Waals surface area contributed by atoms with Gasteiger partial charge in [0.2, 0.25) is 0 Å². The molecule has 0 fully saturated rings. The molecule has 0 radical (unpaired) electrons. The van der Waals surface area contributed by atoms with Gasteiger partial charge in [-0.25, -0.2) is 0 Å². The molecule has 2 rings (SSSR count). The van der Waals surface area contributed by atoms with E-state index in [1.165, 1.54) is 25.1 Å². The number of carbonyl (C=O) groups is 1. The van der Waals surface area contributed by atoms with Crippen LogP contribution >= 0.6 is 0 Å². The average molecular weight is 189 g/mol. The van der Waals surface area contributed by atoms with Crippen molar-refractivity contribution < 1.29 is 4.79 Å². The first-order valence-corrected chi connectivity index (χ1v) is 4.69. The fourth-order valence-corrected chi connectivity index (χ4v) is 1.29. The SMILES string of the molecule is CC(C)=O.CC1=Nc2ccccc2C1. The molecule has 0 spiro atoms. The van der Waals surface area contributed by atoms with Gasteiger partial charge in [-0.15, -0.1) is 0 Å². The molecule has 1 aromatic rings. The summed E-state index contributed by atoms with van der Waals surface area (Å²) < 4.78 is 0. The van der Waals surface area contributed by atoms with Gasteiger partial charge in [-0.2, -0.15) is 0 Å². The number of ketones is 1. The predicted molar refractivity (Wildman–Crippen MR) is 59.3 cm³/mol. The van der Waals surface area contributed by atoms with Gasteiger partial charge in [-0.05, 0) is 32.4 Å². The van der Waals surface area contributed by atoms with E-state index in [0.717, 1.165) is 12.1 Å². The van der Waals surface area contributed by atoms with E-state index in [1.807, 2.05) is 6.07 Å². The first kappa shape index (κ1) is 10.6. The number of hydrogen-bond donors (Lipinski definition) is 0. The van der Waals surface area contributed by atoms with Gasteiger partial charge >= 0.3 is 0 Å². The standard InChI is InChI=1S/C9H9N.C3H6O/c1-7-6-8-4-2-3-5-9(8)10-7;1-3(2)4/h2-5H,6H2,1H3;1-2H3. The van der Waals surface area contributed by atoms with Crippen molar-refractivity contribution >= 4 is 17.2 Å². The second-order valence-corrected chi connectivity index (χ2v) is 3.56. The van der Waals surface area contributed by atoms with Crippen LogP contribution < -0.4 is 0 Å². The highest BCUT2D eigenvalue weighted by Crippen LogP contribution is 2.25. The summed E-state index contributed by atoms with van der Waals surface area (Å²) in [6, 6.07) is 8.29. The molecule has 0 amide bonds. The van der Waals surface area contributed by atoms with Gasteiger partial charge in [0.05, 0.1) is 5.69 Å². The highest BCUT2D eigenvalue weighted by atomic mass is 16.1. The fourth-order valence-electron chi connectivity index (χ4n) is 1.29. The minimum Gasteiger partial charge on any atom is -0.300 e. The van der Waals surface area contributed by atoms with E-state index in [-0.39, 0.29) is 5.78 Å². The van der Waals surface area contributed by atoms with Gasteiger partial charge in [0, 0.05) is 12.1 Å². The van der Waals surface area contributed by atoms with Crippen molar-refractivity contribution in [3.8, 4) is 0 Å². The van der Waals surface area contributed by atoms with E-state index in [4.69, 9.17) is 0 Å². The molecular formula is C12H15NO. The zero-order valence-corrected chi connectivity index (χ0v) is 8.87. The number of Topliss-reactive ketones (excluding diaryl/α,β-unsaturated/α-hetero) is 1. The van der Waals surface area contributed by atoms with Gasteiger partial charge in [-0.3, -0.25) is 4.99 Å². The number of rotatable bonds is 0. The molecule has 2 heteroatoms. The van der Waals surface area contributed by atoms with Crippen LogP contribution in [0.15, 0.2) is 29.3 Å². The number of aliphatic imine (C=N–C) groups is 1. The van der Waals surface area contributed by atoms with Gasteiger partial charge in [0.15, 0.2) is 0 Å². The highest BCUT2D eigenvalue weighted by Gasteiger charge is 2.08. The van der Waals surface area contributed by atoms with Crippen molar-refractivity contribution in [1.82, 2.24) is 0 Å². The summed E-state index contributed by atoms with van der Waals surface area (Å²) in [4.78, 5) is 13.8. The fraction of sp³-hybridized carbons (Fsp3) is 0.333. The highest BCUT2D eigenvalue weighted by molar-refractivity contribution is 5.91. The van der Waals surface area contributed by atoms with Gasteiger partial charge < -0.3 is 4.79 Å². The maximum Gasteiger partial charge on any atom is 0.126 e. The van der Waals surface area contributed by atoms with Crippen LogP contribution in [0.25, 0.3) is 0 Å². The molecule has 0 atom stereocenters. The third-order valence-corrected chi connectivity index (χ3v) is 1.75. The van der Waals surface area contributed by atoms with Gasteiger partial charge in [0.1, 0.15) is 5.78 Å². The number of nitrogens with zero attached hydrogens (tertiary/aromatic N) is 1. The summed E-state index contributed by atoms with van der Waals surface area (Å²) in [5, 5.41) is 0. The van der Waals surface area contributed by atoms with Crippen LogP contribution in [0.5, 0.6) is 0 Å². The van der Waals surface area contributed by atoms with Crippen molar-refractivity contribution in [1.29, 1.82) is 0 Å². The molecule has 0 unspecified atom stereocenters. The lowest BCUT2D eigenvalue weighted by atomic mass is 10.1. The maximum atomic E-state index is 9.44. The smallest absolute Gasteiger partial charge is 0.126 e. The van der Waals surface area contributed by atoms with Crippen LogP contribution in [-0.2, 0) is 11.2 Å². The van der Waals surface area contributed by atoms with Crippen molar-refractivity contribution in [3.05, 3.63) is 29.8 Å². The number of carbonyl (C=O) groups excluding carboxylic acids is 1. The maximum absolute atomic E-state index is 9.44. The Bertz CT molecular complexity index is 362. The van der Waals surface area contributed by atoms with E-state index >= 15 is 0 Å². The van der Waals surface area contributed by atoms with E-state index in [0.29, 0.717) is 0 Å². The summed E-state index contributed by atoms with van der Waals surface area (Å²) in [7, 11) is 0. The molecule has 74 valence electrons. The number of benzene rings is 1. The Hall–Kier alpha value is -1.44. The molecule has 1 heterocycles. The molecule has 0 N–H and O–H groups in total. The minimum atomic E-state index is 0.167. The van der Waals surface area contributed by atoms with Crippen molar-refractivity contribution in [3.63, 3.8) is 0 Å². The quantitative estimate of drug-likeness (QED) is 0.617. The van der Waals surface area contributed by atoms with E-state index in [1.54, 1.807) is 0 Å². The summed E-state index contributed by atoms with van der Waals surface area (Å²) >= 11 is 0. The molecule has 0 aliphatic carbocycles. The van der Waals surface area contributed by atoms with Crippen LogP contribution in [0.4, 0.5) is 5.69 Å². The lowest BCUT2D eigenvalue weighted by Crippen LogP contribution is -1.87. The minimum absolute atomic E-state index is 0.167. The monoisotopic (exact) mass is 189 g/mol.